The Morgan fingerprint density at radius 1 is 1.00 bits per heavy atom. The van der Waals surface area contributed by atoms with E-state index in [9.17, 15) is 18.8 Å². The maximum absolute atomic E-state index is 14.2. The summed E-state index contributed by atoms with van der Waals surface area (Å²) in [4.78, 5) is 47.5. The SMILES string of the molecule is Cc1ccccc1C(=O)N1C(C(=O)NCc2cccnc2)COC12CCN(C(=O)c1ccccc1F)CC2. The molecular formula is C29H29FN4O4. The number of amides is 3. The van der Waals surface area contributed by atoms with Gasteiger partial charge in [0.1, 0.15) is 17.6 Å². The lowest BCUT2D eigenvalue weighted by atomic mass is 9.95. The number of pyridine rings is 1. The second kappa shape index (κ2) is 10.7. The highest BCUT2D eigenvalue weighted by molar-refractivity contribution is 5.99. The number of nitrogens with one attached hydrogen (secondary N) is 1. The molecule has 1 N–H and O–H groups in total. The van der Waals surface area contributed by atoms with Crippen LogP contribution in [-0.4, -0.2) is 64.0 Å². The summed E-state index contributed by atoms with van der Waals surface area (Å²) >= 11 is 0. The van der Waals surface area contributed by atoms with E-state index in [1.807, 2.05) is 25.1 Å². The zero-order chi connectivity index (χ0) is 26.7. The van der Waals surface area contributed by atoms with Crippen molar-refractivity contribution in [1.82, 2.24) is 20.1 Å². The number of carbonyl (C=O) groups is 3. The van der Waals surface area contributed by atoms with E-state index < -0.39 is 23.5 Å². The van der Waals surface area contributed by atoms with Crippen LogP contribution in [0.3, 0.4) is 0 Å². The molecule has 9 heteroatoms. The van der Waals surface area contributed by atoms with Gasteiger partial charge in [0.2, 0.25) is 5.91 Å². The lowest BCUT2D eigenvalue weighted by Gasteiger charge is -2.44. The molecular weight excluding hydrogens is 487 g/mol. The number of carbonyl (C=O) groups excluding carboxylic acids is 3. The number of benzene rings is 2. The van der Waals surface area contributed by atoms with E-state index in [4.69, 9.17) is 4.74 Å². The minimum absolute atomic E-state index is 0.0105. The first-order valence-corrected chi connectivity index (χ1v) is 12.6. The number of ether oxygens (including phenoxy) is 1. The molecule has 38 heavy (non-hydrogen) atoms. The lowest BCUT2D eigenvalue weighted by Crippen LogP contribution is -2.59. The largest absolute Gasteiger partial charge is 0.353 e. The molecule has 3 amide bonds. The summed E-state index contributed by atoms with van der Waals surface area (Å²) in [6.45, 7) is 2.68. The van der Waals surface area contributed by atoms with Gasteiger partial charge in [-0.05, 0) is 42.3 Å². The Balaban J connectivity index is 1.38. The van der Waals surface area contributed by atoms with Crippen molar-refractivity contribution in [1.29, 1.82) is 0 Å². The summed E-state index contributed by atoms with van der Waals surface area (Å²) in [5.74, 6) is -1.59. The van der Waals surface area contributed by atoms with Gasteiger partial charge in [0.15, 0.2) is 0 Å². The number of halogens is 1. The van der Waals surface area contributed by atoms with Crippen LogP contribution in [0, 0.1) is 12.7 Å². The quantitative estimate of drug-likeness (QED) is 0.562. The van der Waals surface area contributed by atoms with Crippen molar-refractivity contribution in [2.75, 3.05) is 19.7 Å². The number of piperidine rings is 1. The number of nitrogens with zero attached hydrogens (tertiary/aromatic N) is 3. The highest BCUT2D eigenvalue weighted by Crippen LogP contribution is 2.39. The van der Waals surface area contributed by atoms with Crippen LogP contribution < -0.4 is 5.32 Å². The predicted octanol–water partition coefficient (Wildman–Crippen LogP) is 3.32. The van der Waals surface area contributed by atoms with Crippen molar-refractivity contribution in [2.45, 2.75) is 38.1 Å². The van der Waals surface area contributed by atoms with Crippen LogP contribution in [0.15, 0.2) is 73.1 Å². The van der Waals surface area contributed by atoms with Crippen LogP contribution >= 0.6 is 0 Å². The zero-order valence-corrected chi connectivity index (χ0v) is 21.1. The van der Waals surface area contributed by atoms with Crippen molar-refractivity contribution in [2.24, 2.45) is 0 Å². The molecule has 1 atom stereocenters. The van der Waals surface area contributed by atoms with Crippen molar-refractivity contribution < 1.29 is 23.5 Å². The van der Waals surface area contributed by atoms with Gasteiger partial charge in [-0.1, -0.05) is 36.4 Å². The molecule has 1 aromatic heterocycles. The summed E-state index contributed by atoms with van der Waals surface area (Å²) in [6, 6.07) is 15.9. The van der Waals surface area contributed by atoms with Gasteiger partial charge in [-0.15, -0.1) is 0 Å². The van der Waals surface area contributed by atoms with Crippen LogP contribution in [-0.2, 0) is 16.1 Å². The minimum atomic E-state index is -1.05. The highest BCUT2D eigenvalue weighted by atomic mass is 19.1. The van der Waals surface area contributed by atoms with Crippen LogP contribution in [0.2, 0.25) is 0 Å². The van der Waals surface area contributed by atoms with E-state index in [-0.39, 0.29) is 43.6 Å². The molecule has 2 aromatic carbocycles. The first-order chi connectivity index (χ1) is 18.4. The van der Waals surface area contributed by atoms with Crippen LogP contribution in [0.5, 0.6) is 0 Å². The number of aromatic nitrogens is 1. The van der Waals surface area contributed by atoms with Crippen molar-refractivity contribution in [3.05, 3.63) is 101 Å². The fourth-order valence-corrected chi connectivity index (χ4v) is 5.18. The summed E-state index contributed by atoms with van der Waals surface area (Å²) in [7, 11) is 0. The highest BCUT2D eigenvalue weighted by Gasteiger charge is 2.54. The molecule has 1 unspecified atom stereocenters. The average Bonchev–Trinajstić information content (AvgIpc) is 3.31. The predicted molar refractivity (Wildman–Crippen MR) is 137 cm³/mol. The molecule has 0 bridgehead atoms. The van der Waals surface area contributed by atoms with Gasteiger partial charge in [-0.2, -0.15) is 0 Å². The summed E-state index contributed by atoms with van der Waals surface area (Å²) < 4.78 is 20.5. The van der Waals surface area contributed by atoms with Gasteiger partial charge in [-0.25, -0.2) is 4.39 Å². The van der Waals surface area contributed by atoms with Crippen molar-refractivity contribution in [3.63, 3.8) is 0 Å². The second-order valence-electron chi connectivity index (χ2n) is 9.61. The molecule has 2 aliphatic rings. The molecule has 0 radical (unpaired) electrons. The van der Waals surface area contributed by atoms with Gasteiger partial charge in [0, 0.05) is 50.4 Å². The number of rotatable bonds is 5. The Morgan fingerprint density at radius 3 is 2.39 bits per heavy atom. The van der Waals surface area contributed by atoms with E-state index in [2.05, 4.69) is 10.3 Å². The third kappa shape index (κ3) is 4.89. The third-order valence-corrected chi connectivity index (χ3v) is 7.28. The normalized spacial score (nSPS) is 18.4. The monoisotopic (exact) mass is 516 g/mol. The first-order valence-electron chi connectivity index (χ1n) is 12.6. The number of hydrogen-bond acceptors (Lipinski definition) is 5. The summed E-state index contributed by atoms with van der Waals surface area (Å²) in [5.41, 5.74) is 1.08. The number of hydrogen-bond donors (Lipinski definition) is 1. The Labute approximate surface area is 220 Å². The smallest absolute Gasteiger partial charge is 0.257 e. The molecule has 3 heterocycles. The van der Waals surface area contributed by atoms with E-state index in [0.29, 0.717) is 18.4 Å². The topological polar surface area (TPSA) is 91.8 Å². The van der Waals surface area contributed by atoms with E-state index in [1.165, 1.54) is 18.2 Å². The van der Waals surface area contributed by atoms with Gasteiger partial charge >= 0.3 is 0 Å². The molecule has 2 fully saturated rings. The minimum Gasteiger partial charge on any atom is -0.353 e. The van der Waals surface area contributed by atoms with Gasteiger partial charge in [-0.3, -0.25) is 24.3 Å². The Morgan fingerprint density at radius 2 is 1.71 bits per heavy atom. The average molecular weight is 517 g/mol. The van der Waals surface area contributed by atoms with Crippen molar-refractivity contribution in [3.8, 4) is 0 Å². The van der Waals surface area contributed by atoms with Gasteiger partial charge in [0.25, 0.3) is 11.8 Å². The standard InChI is InChI=1S/C29H29FN4O4/c1-20-7-2-3-9-22(20)28(37)34-25(26(35)32-18-21-8-6-14-31-17-21)19-38-29(34)12-15-33(16-13-29)27(36)23-10-4-5-11-24(23)30/h2-11,14,17,25H,12-13,15-16,18-19H2,1H3,(H,32,35). The molecule has 8 nitrogen and oxygen atoms in total. The van der Waals surface area contributed by atoms with Crippen LogP contribution in [0.4, 0.5) is 4.39 Å². The summed E-state index contributed by atoms with van der Waals surface area (Å²) in [5, 5.41) is 2.91. The lowest BCUT2D eigenvalue weighted by molar-refractivity contribution is -0.128. The van der Waals surface area contributed by atoms with E-state index in [1.54, 1.807) is 46.5 Å². The molecule has 2 aliphatic heterocycles. The van der Waals surface area contributed by atoms with E-state index >= 15 is 0 Å². The maximum atomic E-state index is 14.2. The fraction of sp³-hybridized carbons (Fsp3) is 0.310. The molecule has 3 aromatic rings. The molecule has 196 valence electrons. The Kier molecular flexibility index (Phi) is 7.20. The molecule has 2 saturated heterocycles. The van der Waals surface area contributed by atoms with Crippen LogP contribution in [0.1, 0.15) is 44.7 Å². The number of likely N-dealkylation sites (tertiary alicyclic amines) is 1. The van der Waals surface area contributed by atoms with Crippen LogP contribution in [0.25, 0.3) is 0 Å². The molecule has 0 aliphatic carbocycles. The summed E-state index contributed by atoms with van der Waals surface area (Å²) in [6.07, 6.45) is 3.94. The Hall–Kier alpha value is -4.11. The van der Waals surface area contributed by atoms with Gasteiger partial charge < -0.3 is 15.0 Å². The fourth-order valence-electron chi connectivity index (χ4n) is 5.18. The number of aryl methyl sites for hydroxylation is 1. The molecule has 1 spiro atoms. The van der Waals surface area contributed by atoms with Gasteiger partial charge in [0.05, 0.1) is 12.2 Å². The zero-order valence-electron chi connectivity index (χ0n) is 21.1. The first kappa shape index (κ1) is 25.5. The molecule has 0 saturated carbocycles. The maximum Gasteiger partial charge on any atom is 0.257 e. The van der Waals surface area contributed by atoms with Crippen molar-refractivity contribution >= 4 is 17.7 Å². The second-order valence-corrected chi connectivity index (χ2v) is 9.61. The van der Waals surface area contributed by atoms with E-state index in [0.717, 1.165) is 11.1 Å². The molecule has 5 rings (SSSR count). The Bertz CT molecular complexity index is 1340. The third-order valence-electron chi connectivity index (χ3n) is 7.28.